The highest BCUT2D eigenvalue weighted by Gasteiger charge is 2.35. The number of carbonyl (C=O) groups excluding carboxylic acids is 1. The molecule has 1 aromatic heterocycles. The van der Waals surface area contributed by atoms with Gasteiger partial charge in [0.1, 0.15) is 11.3 Å². The molecule has 3 aliphatic rings. The van der Waals surface area contributed by atoms with Gasteiger partial charge in [-0.25, -0.2) is 4.98 Å². The van der Waals surface area contributed by atoms with Crippen LogP contribution in [0.2, 0.25) is 5.15 Å². The number of carbonyl (C=O) groups is 1. The average molecular weight is 374 g/mol. The van der Waals surface area contributed by atoms with Crippen molar-refractivity contribution in [3.05, 3.63) is 51.6 Å². The number of amides is 1. The molecule has 138 valence electrons. The van der Waals surface area contributed by atoms with Crippen molar-refractivity contribution in [2.75, 3.05) is 13.6 Å². The molecular weight excluding hydrogens is 350 g/mol. The summed E-state index contributed by atoms with van der Waals surface area (Å²) in [6, 6.07) is 1.75. The molecule has 1 amide bonds. The number of likely N-dealkylation sites (N-methyl/N-ethyl adjacent to an activating group) is 1. The molecular formula is C20H24ClN3O2. The third-order valence-electron chi connectivity index (χ3n) is 5.66. The molecule has 0 bridgehead atoms. The number of allylic oxidation sites excluding steroid dienone is 2. The molecule has 0 aromatic carbocycles. The van der Waals surface area contributed by atoms with Crippen LogP contribution in [0.3, 0.4) is 0 Å². The highest BCUT2D eigenvalue weighted by atomic mass is 35.5. The lowest BCUT2D eigenvalue weighted by Crippen LogP contribution is -2.40. The zero-order valence-corrected chi connectivity index (χ0v) is 16.2. The lowest BCUT2D eigenvalue weighted by Gasteiger charge is -2.37. The Morgan fingerprint density at radius 1 is 1.35 bits per heavy atom. The van der Waals surface area contributed by atoms with Crippen LogP contribution in [-0.2, 0) is 11.3 Å². The number of rotatable bonds is 4. The fraction of sp³-hybridized carbons (Fsp3) is 0.500. The van der Waals surface area contributed by atoms with E-state index in [2.05, 4.69) is 36.9 Å². The summed E-state index contributed by atoms with van der Waals surface area (Å²) in [6.07, 6.45) is 7.68. The Morgan fingerprint density at radius 3 is 2.73 bits per heavy atom. The summed E-state index contributed by atoms with van der Waals surface area (Å²) < 4.78 is 6.15. The van der Waals surface area contributed by atoms with Gasteiger partial charge < -0.3 is 14.5 Å². The highest BCUT2D eigenvalue weighted by Crippen LogP contribution is 2.33. The number of ether oxygens (including phenoxy) is 1. The van der Waals surface area contributed by atoms with Crippen LogP contribution in [0.4, 0.5) is 0 Å². The third-order valence-corrected chi connectivity index (χ3v) is 5.99. The van der Waals surface area contributed by atoms with Crippen LogP contribution < -0.4 is 0 Å². The van der Waals surface area contributed by atoms with Crippen LogP contribution in [0.25, 0.3) is 0 Å². The van der Waals surface area contributed by atoms with E-state index in [1.54, 1.807) is 12.3 Å². The van der Waals surface area contributed by atoms with Gasteiger partial charge in [0.25, 0.3) is 5.91 Å². The summed E-state index contributed by atoms with van der Waals surface area (Å²) >= 11 is 6.19. The van der Waals surface area contributed by atoms with Crippen LogP contribution >= 0.6 is 11.6 Å². The molecule has 26 heavy (non-hydrogen) atoms. The Kier molecular flexibility index (Phi) is 4.43. The number of hydrogen-bond acceptors (Lipinski definition) is 4. The Hall–Kier alpha value is -2.01. The van der Waals surface area contributed by atoms with E-state index in [1.165, 1.54) is 12.0 Å². The second-order valence-corrected chi connectivity index (χ2v) is 7.83. The van der Waals surface area contributed by atoms with E-state index in [1.807, 2.05) is 4.90 Å². The van der Waals surface area contributed by atoms with Gasteiger partial charge in [-0.2, -0.15) is 0 Å². The van der Waals surface area contributed by atoms with E-state index in [4.69, 9.17) is 16.3 Å². The fourth-order valence-corrected chi connectivity index (χ4v) is 4.06. The van der Waals surface area contributed by atoms with E-state index in [0.717, 1.165) is 36.4 Å². The van der Waals surface area contributed by atoms with Gasteiger partial charge in [0.2, 0.25) is 0 Å². The van der Waals surface area contributed by atoms with Crippen LogP contribution in [0.1, 0.15) is 49.0 Å². The quantitative estimate of drug-likeness (QED) is 0.754. The second kappa shape index (κ2) is 6.62. The maximum atomic E-state index is 12.8. The van der Waals surface area contributed by atoms with Crippen molar-refractivity contribution < 1.29 is 9.53 Å². The summed E-state index contributed by atoms with van der Waals surface area (Å²) in [6.45, 7) is 5.43. The highest BCUT2D eigenvalue weighted by molar-refractivity contribution is 6.30. The van der Waals surface area contributed by atoms with Crippen molar-refractivity contribution in [3.8, 4) is 0 Å². The minimum absolute atomic E-state index is 0.00591. The molecule has 5 nitrogen and oxygen atoms in total. The van der Waals surface area contributed by atoms with E-state index >= 15 is 0 Å². The van der Waals surface area contributed by atoms with Gasteiger partial charge in [-0.05, 0) is 44.7 Å². The molecule has 1 atom stereocenters. The minimum Gasteiger partial charge on any atom is -0.476 e. The first kappa shape index (κ1) is 17.4. The molecule has 3 heterocycles. The first-order valence-electron chi connectivity index (χ1n) is 9.19. The molecule has 2 aliphatic heterocycles. The van der Waals surface area contributed by atoms with Crippen LogP contribution in [-0.4, -0.2) is 46.4 Å². The lowest BCUT2D eigenvalue weighted by atomic mass is 9.96. The number of halogens is 1. The Balaban J connectivity index is 1.55. The zero-order chi connectivity index (χ0) is 18.4. The number of pyridine rings is 1. The molecule has 0 saturated heterocycles. The smallest absolute Gasteiger partial charge is 0.255 e. The van der Waals surface area contributed by atoms with Crippen molar-refractivity contribution in [1.82, 2.24) is 14.8 Å². The molecule has 1 aromatic rings. The van der Waals surface area contributed by atoms with Gasteiger partial charge in [-0.15, -0.1) is 0 Å². The van der Waals surface area contributed by atoms with Crippen molar-refractivity contribution in [3.63, 3.8) is 0 Å². The van der Waals surface area contributed by atoms with Crippen molar-refractivity contribution in [1.29, 1.82) is 0 Å². The number of nitrogens with zero attached hydrogens (tertiary/aromatic N) is 3. The van der Waals surface area contributed by atoms with Gasteiger partial charge in [0.15, 0.2) is 5.88 Å². The molecule has 0 N–H and O–H groups in total. The Bertz CT molecular complexity index is 813. The standard InChI is InChI=1S/C20H24ClN3O2/c1-12-9-14(10-23(3)20(12)26-15-5-4-6-15)13(2)24-11-17-16(19(24)25)7-8-22-18(17)21/h7-9,13,15H,4-6,10-11H2,1-3H3. The van der Waals surface area contributed by atoms with Crippen LogP contribution in [0.15, 0.2) is 35.4 Å². The van der Waals surface area contributed by atoms with E-state index in [-0.39, 0.29) is 11.9 Å². The normalized spacial score (nSPS) is 21.5. The SMILES string of the molecule is CC1=C(OC2CCC2)N(C)CC(C(C)N2Cc3c(ccnc3Cl)C2=O)=C1. The minimum atomic E-state index is -0.00591. The summed E-state index contributed by atoms with van der Waals surface area (Å²) in [4.78, 5) is 21.0. The Morgan fingerprint density at radius 2 is 2.12 bits per heavy atom. The summed E-state index contributed by atoms with van der Waals surface area (Å²) in [5.74, 6) is 0.993. The number of fused-ring (bicyclic) bond motifs is 1. The molecule has 1 unspecified atom stereocenters. The molecule has 6 heteroatoms. The molecule has 1 fully saturated rings. The first-order chi connectivity index (χ1) is 12.5. The maximum absolute atomic E-state index is 12.8. The molecule has 4 rings (SSSR count). The summed E-state index contributed by atoms with van der Waals surface area (Å²) in [7, 11) is 2.05. The van der Waals surface area contributed by atoms with Crippen LogP contribution in [0.5, 0.6) is 0 Å². The molecule has 1 saturated carbocycles. The molecule has 0 spiro atoms. The average Bonchev–Trinajstić information content (AvgIpc) is 2.90. The number of hydrogen-bond donors (Lipinski definition) is 0. The van der Waals surface area contributed by atoms with Gasteiger partial charge in [0.05, 0.1) is 12.6 Å². The van der Waals surface area contributed by atoms with Crippen LogP contribution in [0, 0.1) is 0 Å². The predicted molar refractivity (Wildman–Crippen MR) is 101 cm³/mol. The number of aromatic nitrogens is 1. The van der Waals surface area contributed by atoms with Gasteiger partial charge in [0, 0.05) is 36.5 Å². The summed E-state index contributed by atoms with van der Waals surface area (Å²) in [5, 5.41) is 0.424. The van der Waals surface area contributed by atoms with E-state index in [9.17, 15) is 4.79 Å². The van der Waals surface area contributed by atoms with E-state index in [0.29, 0.717) is 23.4 Å². The van der Waals surface area contributed by atoms with E-state index < -0.39 is 0 Å². The largest absolute Gasteiger partial charge is 0.476 e. The van der Waals surface area contributed by atoms with Crippen molar-refractivity contribution in [2.24, 2.45) is 0 Å². The second-order valence-electron chi connectivity index (χ2n) is 7.47. The maximum Gasteiger partial charge on any atom is 0.255 e. The van der Waals surface area contributed by atoms with Crippen molar-refractivity contribution in [2.45, 2.75) is 51.8 Å². The molecule has 0 radical (unpaired) electrons. The first-order valence-corrected chi connectivity index (χ1v) is 9.57. The topological polar surface area (TPSA) is 45.7 Å². The predicted octanol–water partition coefficient (Wildman–Crippen LogP) is 3.75. The molecule has 1 aliphatic carbocycles. The lowest BCUT2D eigenvalue weighted by molar-refractivity contribution is 0.0105. The van der Waals surface area contributed by atoms with Gasteiger partial charge in [-0.3, -0.25) is 4.79 Å². The Labute approximate surface area is 159 Å². The monoisotopic (exact) mass is 373 g/mol. The fourth-order valence-electron chi connectivity index (χ4n) is 3.84. The van der Waals surface area contributed by atoms with Gasteiger partial charge >= 0.3 is 0 Å². The summed E-state index contributed by atoms with van der Waals surface area (Å²) in [5.41, 5.74) is 3.83. The zero-order valence-electron chi connectivity index (χ0n) is 15.5. The van der Waals surface area contributed by atoms with Crippen molar-refractivity contribution >= 4 is 17.5 Å². The van der Waals surface area contributed by atoms with Gasteiger partial charge in [-0.1, -0.05) is 17.7 Å². The third kappa shape index (κ3) is 2.88.